The molecule has 2 aromatic carbocycles. The summed E-state index contributed by atoms with van der Waals surface area (Å²) in [6, 6.07) is 10.1. The van der Waals surface area contributed by atoms with Crippen LogP contribution < -0.4 is 21.7 Å². The maximum absolute atomic E-state index is 16.8. The summed E-state index contributed by atoms with van der Waals surface area (Å²) < 4.78 is 31.8. The molecule has 0 amide bonds. The van der Waals surface area contributed by atoms with Gasteiger partial charge in [-0.25, -0.2) is 18.7 Å². The maximum Gasteiger partial charge on any atom is 0.228 e. The van der Waals surface area contributed by atoms with Crippen molar-refractivity contribution in [3.63, 3.8) is 0 Å². The van der Waals surface area contributed by atoms with Gasteiger partial charge in [-0.15, -0.1) is 11.3 Å². The molecule has 0 bridgehead atoms. The number of benzene rings is 2. The molecule has 0 saturated carbocycles. The fourth-order valence-corrected chi connectivity index (χ4v) is 7.78. The van der Waals surface area contributed by atoms with Crippen molar-refractivity contribution in [1.82, 2.24) is 19.9 Å². The SMILES string of the molecule is C[C@@H](CNc1nc(N2CCC23CN(C)C3)nc2c(F)c(-c3ccc(F)c4sc(N)c(C#N)c34)c(Cl)cc12)c1cccnc1N. The highest BCUT2D eigenvalue weighted by molar-refractivity contribution is 7.23. The van der Waals surface area contributed by atoms with E-state index in [2.05, 4.69) is 27.1 Å². The van der Waals surface area contributed by atoms with E-state index in [0.29, 0.717) is 29.5 Å². The number of thiophene rings is 1. The molecule has 0 aliphatic carbocycles. The third-order valence-electron chi connectivity index (χ3n) is 8.79. The summed E-state index contributed by atoms with van der Waals surface area (Å²) in [7, 11) is 2.06. The first-order valence-corrected chi connectivity index (χ1v) is 15.3. The van der Waals surface area contributed by atoms with E-state index >= 15 is 4.39 Å². The van der Waals surface area contributed by atoms with Gasteiger partial charge in [-0.3, -0.25) is 0 Å². The van der Waals surface area contributed by atoms with Crippen LogP contribution in [0.25, 0.3) is 32.1 Å². The smallest absolute Gasteiger partial charge is 0.228 e. The van der Waals surface area contributed by atoms with Crippen LogP contribution in [-0.2, 0) is 0 Å². The van der Waals surface area contributed by atoms with Gasteiger partial charge in [0, 0.05) is 54.6 Å². The van der Waals surface area contributed by atoms with Gasteiger partial charge < -0.3 is 26.6 Å². The Morgan fingerprint density at radius 1 is 1.23 bits per heavy atom. The van der Waals surface area contributed by atoms with Crippen molar-refractivity contribution in [2.45, 2.75) is 24.8 Å². The highest BCUT2D eigenvalue weighted by Gasteiger charge is 2.53. The van der Waals surface area contributed by atoms with Crippen molar-refractivity contribution < 1.29 is 8.78 Å². The van der Waals surface area contributed by atoms with Crippen molar-refractivity contribution >= 4 is 66.5 Å². The van der Waals surface area contributed by atoms with E-state index < -0.39 is 11.6 Å². The van der Waals surface area contributed by atoms with Gasteiger partial charge in [-0.05, 0) is 42.8 Å². The summed E-state index contributed by atoms with van der Waals surface area (Å²) >= 11 is 7.75. The zero-order valence-electron chi connectivity index (χ0n) is 24.0. The molecule has 0 radical (unpaired) electrons. The van der Waals surface area contributed by atoms with Crippen molar-refractivity contribution in [2.75, 3.05) is 54.9 Å². The van der Waals surface area contributed by atoms with Gasteiger partial charge in [0.25, 0.3) is 0 Å². The number of rotatable bonds is 6. The molecule has 224 valence electrons. The van der Waals surface area contributed by atoms with Crippen molar-refractivity contribution in [3.8, 4) is 17.2 Å². The number of hydrogen-bond acceptors (Lipinski definition) is 10. The molecule has 13 heteroatoms. The van der Waals surface area contributed by atoms with Gasteiger partial charge in [0.15, 0.2) is 5.82 Å². The molecule has 9 nitrogen and oxygen atoms in total. The van der Waals surface area contributed by atoms with Crippen LogP contribution in [0.5, 0.6) is 0 Å². The fourth-order valence-electron chi connectivity index (χ4n) is 6.54. The Morgan fingerprint density at radius 3 is 2.70 bits per heavy atom. The number of nitriles is 1. The van der Waals surface area contributed by atoms with E-state index in [1.54, 1.807) is 12.3 Å². The topological polar surface area (TPSA) is 133 Å². The second-order valence-electron chi connectivity index (χ2n) is 11.6. The minimum Gasteiger partial charge on any atom is -0.389 e. The number of pyridine rings is 1. The number of hydrogen-bond donors (Lipinski definition) is 3. The average molecular weight is 632 g/mol. The summed E-state index contributed by atoms with van der Waals surface area (Å²) in [5.74, 6) is 0.0259. The number of likely N-dealkylation sites (tertiary alicyclic amines) is 1. The first kappa shape index (κ1) is 28.5. The summed E-state index contributed by atoms with van der Waals surface area (Å²) in [5.41, 5.74) is 13.4. The molecule has 0 unspecified atom stereocenters. The van der Waals surface area contributed by atoms with Crippen LogP contribution in [0, 0.1) is 23.0 Å². The molecule has 5 heterocycles. The van der Waals surface area contributed by atoms with Gasteiger partial charge in [0.2, 0.25) is 5.95 Å². The lowest BCUT2D eigenvalue weighted by Crippen LogP contribution is -2.76. The summed E-state index contributed by atoms with van der Waals surface area (Å²) in [6.07, 6.45) is 2.64. The van der Waals surface area contributed by atoms with Crippen LogP contribution in [0.2, 0.25) is 5.02 Å². The Kier molecular flexibility index (Phi) is 6.73. The van der Waals surface area contributed by atoms with Gasteiger partial charge in [0.1, 0.15) is 34.0 Å². The van der Waals surface area contributed by atoms with Crippen LogP contribution in [0.4, 0.5) is 31.4 Å². The normalized spacial score (nSPS) is 16.6. The second kappa shape index (κ2) is 10.4. The summed E-state index contributed by atoms with van der Waals surface area (Å²) in [5, 5.41) is 14.1. The lowest BCUT2D eigenvalue weighted by molar-refractivity contribution is 0.0454. The Hall–Kier alpha value is -4.31. The number of nitrogens with zero attached hydrogens (tertiary/aromatic N) is 6. The number of aromatic nitrogens is 3. The van der Waals surface area contributed by atoms with Gasteiger partial charge in [0.05, 0.1) is 20.8 Å². The van der Waals surface area contributed by atoms with E-state index in [0.717, 1.165) is 43.0 Å². The van der Waals surface area contributed by atoms with Crippen LogP contribution >= 0.6 is 22.9 Å². The Balaban J connectivity index is 1.39. The van der Waals surface area contributed by atoms with Crippen LogP contribution in [0.3, 0.4) is 0 Å². The van der Waals surface area contributed by atoms with E-state index in [-0.39, 0.29) is 53.8 Å². The Morgan fingerprint density at radius 2 is 2.02 bits per heavy atom. The van der Waals surface area contributed by atoms with E-state index in [1.807, 2.05) is 25.1 Å². The van der Waals surface area contributed by atoms with Crippen LogP contribution in [0.1, 0.15) is 30.4 Å². The predicted octanol–water partition coefficient (Wildman–Crippen LogP) is 5.98. The number of halogens is 3. The van der Waals surface area contributed by atoms with Gasteiger partial charge >= 0.3 is 0 Å². The lowest BCUT2D eigenvalue weighted by atomic mass is 9.78. The minimum atomic E-state index is -0.689. The quantitative estimate of drug-likeness (QED) is 0.207. The molecule has 5 aromatic rings. The first-order chi connectivity index (χ1) is 21.1. The van der Waals surface area contributed by atoms with E-state index in [1.165, 1.54) is 12.1 Å². The molecule has 5 N–H and O–H groups in total. The zero-order valence-corrected chi connectivity index (χ0v) is 25.5. The molecule has 2 fully saturated rings. The Bertz CT molecular complexity index is 2020. The lowest BCUT2D eigenvalue weighted by Gasteiger charge is -2.61. The monoisotopic (exact) mass is 631 g/mol. The third-order valence-corrected chi connectivity index (χ3v) is 10.1. The first-order valence-electron chi connectivity index (χ1n) is 14.1. The molecule has 2 saturated heterocycles. The van der Waals surface area contributed by atoms with E-state index in [4.69, 9.17) is 33.0 Å². The van der Waals surface area contributed by atoms with Crippen molar-refractivity contribution in [2.24, 2.45) is 0 Å². The average Bonchev–Trinajstić information content (AvgIpc) is 3.32. The van der Waals surface area contributed by atoms with Gasteiger partial charge in [-0.1, -0.05) is 30.7 Å². The fraction of sp³-hybridized carbons (Fsp3) is 0.290. The number of nitrogen functional groups attached to an aromatic ring is 2. The molecule has 2 aliphatic rings. The molecule has 2 aliphatic heterocycles. The molecule has 3 aromatic heterocycles. The van der Waals surface area contributed by atoms with Crippen LogP contribution in [0.15, 0.2) is 36.5 Å². The van der Waals surface area contributed by atoms with Crippen molar-refractivity contribution in [3.05, 3.63) is 64.3 Å². The molecule has 1 spiro atoms. The highest BCUT2D eigenvalue weighted by Crippen LogP contribution is 2.46. The number of likely N-dealkylation sites (N-methyl/N-ethyl adjacent to an activating group) is 1. The number of anilines is 4. The summed E-state index contributed by atoms with van der Waals surface area (Å²) in [6.45, 7) is 4.94. The zero-order chi connectivity index (χ0) is 30.9. The highest BCUT2D eigenvalue weighted by atomic mass is 35.5. The van der Waals surface area contributed by atoms with Crippen molar-refractivity contribution in [1.29, 1.82) is 5.26 Å². The maximum atomic E-state index is 16.8. The third kappa shape index (κ3) is 4.29. The molecule has 7 rings (SSSR count). The van der Waals surface area contributed by atoms with E-state index in [9.17, 15) is 9.65 Å². The van der Waals surface area contributed by atoms with Gasteiger partial charge in [-0.2, -0.15) is 10.2 Å². The predicted molar refractivity (Wildman–Crippen MR) is 172 cm³/mol. The molecular weight excluding hydrogens is 604 g/mol. The molecule has 1 atom stereocenters. The number of fused-ring (bicyclic) bond motifs is 2. The number of nitrogens with one attached hydrogen (secondary N) is 1. The summed E-state index contributed by atoms with van der Waals surface area (Å²) in [4.78, 5) is 18.2. The van der Waals surface area contributed by atoms with Crippen LogP contribution in [-0.4, -0.2) is 58.6 Å². The standard InChI is InChI=1S/C31H28ClF2N9S/c1-15(16-4-3-8-38-27(16)36)12-39-29-18-10-20(32)23(17-5-6-21(33)26-22(17)19(11-35)28(37)44-26)24(34)25(18)40-30(41-29)43-9-7-31(43)13-42(2)14-31/h3-6,8,10,15H,7,9,12-14,37H2,1-2H3,(H2,36,38)(H,39,40,41)/t15-/m0/s1. The second-order valence-corrected chi connectivity index (χ2v) is 13.1. The molecular formula is C31H28ClF2N9S. The Labute approximate surface area is 261 Å². The molecule has 44 heavy (non-hydrogen) atoms. The number of nitrogens with two attached hydrogens (primary N) is 2. The largest absolute Gasteiger partial charge is 0.389 e. The minimum absolute atomic E-state index is 0.0206.